The molecule has 1 aromatic heterocycles. The number of hydrogen-bond donors (Lipinski definition) is 0. The Morgan fingerprint density at radius 1 is 1.00 bits per heavy atom. The highest BCUT2D eigenvalue weighted by atomic mass is 35.5. The predicted octanol–water partition coefficient (Wildman–Crippen LogP) is 2.80. The molecule has 2 aromatic rings. The van der Waals surface area contributed by atoms with Crippen molar-refractivity contribution in [3.63, 3.8) is 0 Å². The molecule has 0 N–H and O–H groups in total. The average Bonchev–Trinajstić information content (AvgIpc) is 2.63. The van der Waals surface area contributed by atoms with Gasteiger partial charge >= 0.3 is 0 Å². The zero-order valence-electron chi connectivity index (χ0n) is 13.1. The first kappa shape index (κ1) is 16.3. The molecular formula is C18H16ClN5. The van der Waals surface area contributed by atoms with Gasteiger partial charge in [-0.3, -0.25) is 9.88 Å². The van der Waals surface area contributed by atoms with Crippen molar-refractivity contribution in [2.24, 2.45) is 0 Å². The molecule has 0 amide bonds. The van der Waals surface area contributed by atoms with E-state index in [2.05, 4.69) is 26.9 Å². The first-order valence-corrected chi connectivity index (χ1v) is 8.09. The minimum atomic E-state index is 0.578. The van der Waals surface area contributed by atoms with E-state index >= 15 is 0 Å². The molecule has 1 saturated heterocycles. The van der Waals surface area contributed by atoms with E-state index in [1.807, 2.05) is 12.1 Å². The number of benzene rings is 1. The van der Waals surface area contributed by atoms with Crippen LogP contribution >= 0.6 is 11.6 Å². The first-order valence-electron chi connectivity index (χ1n) is 7.71. The van der Waals surface area contributed by atoms with Crippen LogP contribution in [0.3, 0.4) is 0 Å². The second-order valence-electron chi connectivity index (χ2n) is 5.69. The molecule has 0 atom stereocenters. The van der Waals surface area contributed by atoms with Crippen molar-refractivity contribution in [2.75, 3.05) is 31.1 Å². The molecule has 1 fully saturated rings. The molecule has 6 heteroatoms. The van der Waals surface area contributed by atoms with Gasteiger partial charge in [-0.05, 0) is 30.3 Å². The van der Waals surface area contributed by atoms with Crippen molar-refractivity contribution in [1.82, 2.24) is 9.88 Å². The zero-order valence-corrected chi connectivity index (χ0v) is 13.9. The minimum absolute atomic E-state index is 0.578. The van der Waals surface area contributed by atoms with Gasteiger partial charge < -0.3 is 4.90 Å². The van der Waals surface area contributed by atoms with Crippen molar-refractivity contribution in [1.29, 1.82) is 10.5 Å². The maximum Gasteiger partial charge on any atom is 0.101 e. The van der Waals surface area contributed by atoms with Crippen molar-refractivity contribution in [3.05, 3.63) is 58.4 Å². The van der Waals surface area contributed by atoms with Crippen LogP contribution in [-0.4, -0.2) is 36.1 Å². The summed E-state index contributed by atoms with van der Waals surface area (Å²) in [6.45, 7) is 4.36. The van der Waals surface area contributed by atoms with Crippen LogP contribution in [0.25, 0.3) is 0 Å². The molecule has 1 aliphatic heterocycles. The largest absolute Gasteiger partial charge is 0.368 e. The van der Waals surface area contributed by atoms with Crippen LogP contribution in [0.1, 0.15) is 16.8 Å². The van der Waals surface area contributed by atoms with E-state index in [-0.39, 0.29) is 0 Å². The summed E-state index contributed by atoms with van der Waals surface area (Å²) in [7, 11) is 0. The molecule has 0 spiro atoms. The normalized spacial score (nSPS) is 14.9. The van der Waals surface area contributed by atoms with Crippen LogP contribution in [0.15, 0.2) is 36.5 Å². The Morgan fingerprint density at radius 2 is 1.71 bits per heavy atom. The van der Waals surface area contributed by atoms with E-state index < -0.39 is 0 Å². The number of hydrogen-bond acceptors (Lipinski definition) is 5. The van der Waals surface area contributed by atoms with Gasteiger partial charge in [-0.25, -0.2) is 0 Å². The lowest BCUT2D eigenvalue weighted by molar-refractivity contribution is 0.247. The van der Waals surface area contributed by atoms with Crippen molar-refractivity contribution in [3.8, 4) is 12.1 Å². The van der Waals surface area contributed by atoms with Crippen LogP contribution in [0.4, 0.5) is 5.69 Å². The van der Waals surface area contributed by atoms with Crippen molar-refractivity contribution in [2.45, 2.75) is 6.54 Å². The Hall–Kier alpha value is -2.60. The summed E-state index contributed by atoms with van der Waals surface area (Å²) in [5, 5.41) is 18.3. The molecular weight excluding hydrogens is 322 g/mol. The van der Waals surface area contributed by atoms with E-state index in [0.717, 1.165) is 44.1 Å². The van der Waals surface area contributed by atoms with Crippen LogP contribution < -0.4 is 4.90 Å². The number of halogens is 1. The van der Waals surface area contributed by atoms with E-state index in [1.54, 1.807) is 24.4 Å². The fraction of sp³-hybridized carbons (Fsp3) is 0.278. The monoisotopic (exact) mass is 337 g/mol. The predicted molar refractivity (Wildman–Crippen MR) is 92.6 cm³/mol. The summed E-state index contributed by atoms with van der Waals surface area (Å²) in [6, 6.07) is 13.3. The van der Waals surface area contributed by atoms with E-state index in [9.17, 15) is 0 Å². The first-order chi connectivity index (χ1) is 11.7. The van der Waals surface area contributed by atoms with Crippen molar-refractivity contribution < 1.29 is 0 Å². The van der Waals surface area contributed by atoms with Gasteiger partial charge in [0.25, 0.3) is 0 Å². The number of nitriles is 2. The molecule has 1 aliphatic rings. The van der Waals surface area contributed by atoms with E-state index in [0.29, 0.717) is 16.1 Å². The van der Waals surface area contributed by atoms with E-state index in [4.69, 9.17) is 22.1 Å². The summed E-state index contributed by atoms with van der Waals surface area (Å²) in [6.07, 6.45) is 1.61. The highest BCUT2D eigenvalue weighted by molar-refractivity contribution is 6.33. The Kier molecular flexibility index (Phi) is 4.96. The van der Waals surface area contributed by atoms with Gasteiger partial charge in [0.1, 0.15) is 6.07 Å². The van der Waals surface area contributed by atoms with E-state index in [1.165, 1.54) is 0 Å². The van der Waals surface area contributed by atoms with Gasteiger partial charge in [-0.15, -0.1) is 0 Å². The van der Waals surface area contributed by atoms with Crippen LogP contribution in [0.2, 0.25) is 5.02 Å². The maximum absolute atomic E-state index is 8.92. The lowest BCUT2D eigenvalue weighted by Gasteiger charge is -2.36. The molecule has 3 rings (SSSR count). The number of anilines is 1. The number of nitrogens with zero attached hydrogens (tertiary/aromatic N) is 5. The number of aromatic nitrogens is 1. The zero-order chi connectivity index (χ0) is 16.9. The molecule has 5 nitrogen and oxygen atoms in total. The minimum Gasteiger partial charge on any atom is -0.368 e. The smallest absolute Gasteiger partial charge is 0.101 e. The molecule has 0 saturated carbocycles. The third kappa shape index (κ3) is 3.65. The summed E-state index contributed by atoms with van der Waals surface area (Å²) in [5.41, 5.74) is 3.11. The number of piperazine rings is 1. The molecule has 1 aromatic carbocycles. The summed E-state index contributed by atoms with van der Waals surface area (Å²) < 4.78 is 0. The Balaban J connectivity index is 1.59. The van der Waals surface area contributed by atoms with Gasteiger partial charge in [-0.2, -0.15) is 10.5 Å². The summed E-state index contributed by atoms with van der Waals surface area (Å²) >= 11 is 6.29. The molecule has 0 bridgehead atoms. The summed E-state index contributed by atoms with van der Waals surface area (Å²) in [4.78, 5) is 8.90. The standard InChI is InChI=1S/C18H16ClN5/c19-17-9-14(10-20)2-4-18(17)24-7-5-23(6-8-24)13-16-3-1-15(11-21)12-22-16/h1-4,9,12H,5-8,13H2. The Labute approximate surface area is 146 Å². The highest BCUT2D eigenvalue weighted by Gasteiger charge is 2.19. The second kappa shape index (κ2) is 7.31. The molecule has 0 aliphatic carbocycles. The fourth-order valence-electron chi connectivity index (χ4n) is 2.79. The quantitative estimate of drug-likeness (QED) is 0.861. The third-order valence-electron chi connectivity index (χ3n) is 4.13. The Morgan fingerprint density at radius 3 is 2.29 bits per heavy atom. The second-order valence-corrected chi connectivity index (χ2v) is 6.10. The highest BCUT2D eigenvalue weighted by Crippen LogP contribution is 2.27. The topological polar surface area (TPSA) is 67.0 Å². The van der Waals surface area contributed by atoms with Gasteiger partial charge in [0.2, 0.25) is 0 Å². The molecule has 2 heterocycles. The van der Waals surface area contributed by atoms with Gasteiger partial charge in [0.05, 0.1) is 33.6 Å². The average molecular weight is 338 g/mol. The van der Waals surface area contributed by atoms with Gasteiger partial charge in [0, 0.05) is 38.9 Å². The fourth-order valence-corrected chi connectivity index (χ4v) is 3.09. The number of pyridine rings is 1. The van der Waals surface area contributed by atoms with Gasteiger partial charge in [0.15, 0.2) is 0 Å². The van der Waals surface area contributed by atoms with Crippen LogP contribution in [0.5, 0.6) is 0 Å². The lowest BCUT2D eigenvalue weighted by atomic mass is 10.2. The molecule has 120 valence electrons. The Bertz CT molecular complexity index is 796. The number of rotatable bonds is 3. The third-order valence-corrected chi connectivity index (χ3v) is 4.43. The van der Waals surface area contributed by atoms with Crippen LogP contribution in [-0.2, 0) is 6.54 Å². The SMILES string of the molecule is N#Cc1ccc(CN2CCN(c3ccc(C#N)cc3Cl)CC2)nc1. The molecule has 0 unspecified atom stereocenters. The van der Waals surface area contributed by atoms with Crippen molar-refractivity contribution >= 4 is 17.3 Å². The molecule has 24 heavy (non-hydrogen) atoms. The van der Waals surface area contributed by atoms with Crippen LogP contribution in [0, 0.1) is 22.7 Å². The summed E-state index contributed by atoms with van der Waals surface area (Å²) in [5.74, 6) is 0. The molecule has 0 radical (unpaired) electrons. The lowest BCUT2D eigenvalue weighted by Crippen LogP contribution is -2.46. The van der Waals surface area contributed by atoms with Gasteiger partial charge in [-0.1, -0.05) is 11.6 Å². The maximum atomic E-state index is 8.92.